The number of rotatable bonds is 6. The van der Waals surface area contributed by atoms with Crippen molar-refractivity contribution in [2.75, 3.05) is 0 Å². The number of fused-ring (bicyclic) bond motifs is 1. The normalized spacial score (nSPS) is 12.5. The van der Waals surface area contributed by atoms with Gasteiger partial charge in [-0.2, -0.15) is 0 Å². The zero-order valence-corrected chi connectivity index (χ0v) is 16.7. The van der Waals surface area contributed by atoms with Gasteiger partial charge in [0.1, 0.15) is 0 Å². The molecule has 0 saturated carbocycles. The quantitative estimate of drug-likeness (QED) is 0.453. The van der Waals surface area contributed by atoms with Gasteiger partial charge in [-0.25, -0.2) is 4.39 Å². The zero-order valence-electron chi connectivity index (χ0n) is 16.7. The van der Waals surface area contributed by atoms with Gasteiger partial charge in [-0.15, -0.1) is 10.2 Å². The van der Waals surface area contributed by atoms with Gasteiger partial charge in [0.25, 0.3) is 0 Å². The summed E-state index contributed by atoms with van der Waals surface area (Å²) in [4.78, 5) is 17.5. The summed E-state index contributed by atoms with van der Waals surface area (Å²) in [6, 6.07) is 6.30. The van der Waals surface area contributed by atoms with E-state index in [0.717, 1.165) is 11.3 Å². The Morgan fingerprint density at radius 3 is 2.80 bits per heavy atom. The first-order chi connectivity index (χ1) is 14.5. The monoisotopic (exact) mass is 406 g/mol. The zero-order chi connectivity index (χ0) is 21.3. The van der Waals surface area contributed by atoms with Crippen molar-refractivity contribution >= 4 is 18.1 Å². The lowest BCUT2D eigenvalue weighted by molar-refractivity contribution is -0.117. The standard InChI is InChI=1S/C21H19FN6O2/c1-13-5-4-7-23-18(13)6-8-27(12-29)15(3)20-24-25-21-17(22)10-16(11-28(20)21)19-9-14(2)26-30-19/h4-12,15H,1-3H3/b8-6-. The Morgan fingerprint density at radius 1 is 1.27 bits per heavy atom. The van der Waals surface area contributed by atoms with Crippen LogP contribution in [0.5, 0.6) is 0 Å². The molecule has 9 heteroatoms. The number of carbonyl (C=O) groups excluding carboxylic acids is 1. The number of pyridine rings is 2. The van der Waals surface area contributed by atoms with Gasteiger partial charge in [-0.3, -0.25) is 14.2 Å². The molecule has 0 aromatic carbocycles. The van der Waals surface area contributed by atoms with Crippen LogP contribution in [0.15, 0.2) is 47.4 Å². The van der Waals surface area contributed by atoms with Gasteiger partial charge >= 0.3 is 0 Å². The second kappa shape index (κ2) is 7.86. The summed E-state index contributed by atoms with van der Waals surface area (Å²) >= 11 is 0. The third kappa shape index (κ3) is 3.57. The third-order valence-electron chi connectivity index (χ3n) is 4.80. The second-order valence-electron chi connectivity index (χ2n) is 6.91. The van der Waals surface area contributed by atoms with Crippen molar-refractivity contribution in [3.63, 3.8) is 0 Å². The maximum Gasteiger partial charge on any atom is 0.214 e. The summed E-state index contributed by atoms with van der Waals surface area (Å²) in [5.41, 5.74) is 2.97. The van der Waals surface area contributed by atoms with E-state index in [1.807, 2.05) is 19.1 Å². The fourth-order valence-corrected chi connectivity index (χ4v) is 3.11. The molecule has 0 aliphatic heterocycles. The lowest BCUT2D eigenvalue weighted by Gasteiger charge is -2.20. The Morgan fingerprint density at radius 2 is 2.10 bits per heavy atom. The van der Waals surface area contributed by atoms with Crippen LogP contribution in [0, 0.1) is 19.7 Å². The second-order valence-corrected chi connectivity index (χ2v) is 6.91. The fourth-order valence-electron chi connectivity index (χ4n) is 3.11. The molecule has 4 rings (SSSR count). The van der Waals surface area contributed by atoms with E-state index in [1.54, 1.807) is 44.6 Å². The van der Waals surface area contributed by atoms with E-state index in [1.165, 1.54) is 15.4 Å². The molecule has 4 heterocycles. The van der Waals surface area contributed by atoms with Crippen LogP contribution < -0.4 is 0 Å². The van der Waals surface area contributed by atoms with Gasteiger partial charge < -0.3 is 9.42 Å². The molecule has 1 amide bonds. The average molecular weight is 406 g/mol. The van der Waals surface area contributed by atoms with Crippen molar-refractivity contribution in [2.45, 2.75) is 26.8 Å². The molecule has 152 valence electrons. The van der Waals surface area contributed by atoms with Gasteiger partial charge in [0.15, 0.2) is 23.0 Å². The summed E-state index contributed by atoms with van der Waals surface area (Å²) in [6.07, 6.45) is 7.39. The summed E-state index contributed by atoms with van der Waals surface area (Å²) in [5.74, 6) is 0.277. The van der Waals surface area contributed by atoms with E-state index in [-0.39, 0.29) is 5.65 Å². The maximum absolute atomic E-state index is 14.6. The molecule has 0 bridgehead atoms. The van der Waals surface area contributed by atoms with Crippen molar-refractivity contribution in [3.8, 4) is 11.3 Å². The SMILES string of the molecule is Cc1cc(-c2cc(F)c3nnc(C(C)N(C=O)/C=C\c4ncccc4C)n3c2)on1. The van der Waals surface area contributed by atoms with Crippen LogP contribution >= 0.6 is 0 Å². The molecule has 0 fully saturated rings. The van der Waals surface area contributed by atoms with Crippen molar-refractivity contribution < 1.29 is 13.7 Å². The molecule has 4 aromatic heterocycles. The Balaban J connectivity index is 1.71. The minimum atomic E-state index is -0.551. The Kier molecular flexibility index (Phi) is 5.09. The third-order valence-corrected chi connectivity index (χ3v) is 4.80. The van der Waals surface area contributed by atoms with Crippen molar-refractivity contribution in [3.05, 3.63) is 71.5 Å². The first-order valence-corrected chi connectivity index (χ1v) is 9.28. The Labute approximate surface area is 171 Å². The molecule has 0 N–H and O–H groups in total. The highest BCUT2D eigenvalue weighted by atomic mass is 19.1. The molecule has 0 aliphatic rings. The number of halogens is 1. The van der Waals surface area contributed by atoms with Crippen molar-refractivity contribution in [1.29, 1.82) is 0 Å². The minimum Gasteiger partial charge on any atom is -0.356 e. The van der Waals surface area contributed by atoms with E-state index in [0.29, 0.717) is 29.3 Å². The van der Waals surface area contributed by atoms with Crippen molar-refractivity contribution in [2.24, 2.45) is 0 Å². The number of aromatic nitrogens is 5. The van der Waals surface area contributed by atoms with Crippen molar-refractivity contribution in [1.82, 2.24) is 29.6 Å². The van der Waals surface area contributed by atoms with Gasteiger partial charge in [0.05, 0.1) is 17.4 Å². The smallest absolute Gasteiger partial charge is 0.214 e. The molecular formula is C21H19FN6O2. The molecule has 1 atom stereocenters. The van der Waals surface area contributed by atoms with E-state index in [2.05, 4.69) is 20.3 Å². The molecular weight excluding hydrogens is 387 g/mol. The summed E-state index contributed by atoms with van der Waals surface area (Å²) < 4.78 is 21.4. The van der Waals surface area contributed by atoms with Crippen LogP contribution in [-0.4, -0.2) is 36.0 Å². The molecule has 1 unspecified atom stereocenters. The molecule has 0 saturated heterocycles. The maximum atomic E-state index is 14.6. The molecule has 8 nitrogen and oxygen atoms in total. The minimum absolute atomic E-state index is 0.0623. The Bertz CT molecular complexity index is 1250. The van der Waals surface area contributed by atoms with E-state index in [9.17, 15) is 9.18 Å². The fraction of sp³-hybridized carbons (Fsp3) is 0.190. The molecule has 4 aromatic rings. The van der Waals surface area contributed by atoms with Crippen LogP contribution in [0.1, 0.15) is 35.7 Å². The lowest BCUT2D eigenvalue weighted by Crippen LogP contribution is -2.21. The molecule has 0 spiro atoms. The van der Waals surface area contributed by atoms with Gasteiger partial charge in [0.2, 0.25) is 6.41 Å². The van der Waals surface area contributed by atoms with Gasteiger partial charge in [-0.1, -0.05) is 11.2 Å². The number of carbonyl (C=O) groups is 1. The first kappa shape index (κ1) is 19.4. The van der Waals surface area contributed by atoms with Crippen LogP contribution in [0.25, 0.3) is 23.0 Å². The lowest BCUT2D eigenvalue weighted by atomic mass is 10.2. The highest BCUT2D eigenvalue weighted by Gasteiger charge is 2.21. The molecule has 0 aliphatic carbocycles. The average Bonchev–Trinajstić information content (AvgIpc) is 3.36. The topological polar surface area (TPSA) is 89.4 Å². The predicted octanol–water partition coefficient (Wildman–Crippen LogP) is 3.73. The molecule has 0 radical (unpaired) electrons. The van der Waals surface area contributed by atoms with Gasteiger partial charge in [-0.05, 0) is 44.5 Å². The largest absolute Gasteiger partial charge is 0.356 e. The van der Waals surface area contributed by atoms with Gasteiger partial charge in [0, 0.05) is 30.2 Å². The van der Waals surface area contributed by atoms with Crippen LogP contribution in [0.2, 0.25) is 0 Å². The number of hydrogen-bond donors (Lipinski definition) is 0. The highest BCUT2D eigenvalue weighted by molar-refractivity contribution is 5.61. The van der Waals surface area contributed by atoms with Crippen LogP contribution in [0.4, 0.5) is 4.39 Å². The highest BCUT2D eigenvalue weighted by Crippen LogP contribution is 2.26. The number of amides is 1. The van der Waals surface area contributed by atoms with E-state index in [4.69, 9.17) is 4.52 Å². The number of hydrogen-bond acceptors (Lipinski definition) is 6. The molecule has 30 heavy (non-hydrogen) atoms. The Hall–Kier alpha value is -3.88. The summed E-state index contributed by atoms with van der Waals surface area (Å²) in [5, 5.41) is 11.9. The number of nitrogens with zero attached hydrogens (tertiary/aromatic N) is 6. The predicted molar refractivity (Wildman–Crippen MR) is 108 cm³/mol. The van der Waals surface area contributed by atoms with E-state index >= 15 is 0 Å². The van der Waals surface area contributed by atoms with Crippen LogP contribution in [0.3, 0.4) is 0 Å². The van der Waals surface area contributed by atoms with E-state index < -0.39 is 11.9 Å². The summed E-state index contributed by atoms with van der Waals surface area (Å²) in [6.45, 7) is 5.50. The number of aryl methyl sites for hydroxylation is 2. The first-order valence-electron chi connectivity index (χ1n) is 9.28. The van der Waals surface area contributed by atoms with Crippen LogP contribution in [-0.2, 0) is 4.79 Å². The summed E-state index contributed by atoms with van der Waals surface area (Å²) in [7, 11) is 0.